The maximum absolute atomic E-state index is 5.92. The summed E-state index contributed by atoms with van der Waals surface area (Å²) in [5.74, 6) is 3.13. The first-order valence-electron chi connectivity index (χ1n) is 11.0. The van der Waals surface area contributed by atoms with Gasteiger partial charge in [0, 0.05) is 18.0 Å². The molecule has 4 nitrogen and oxygen atoms in total. The molecule has 0 saturated heterocycles. The second kappa shape index (κ2) is 8.64. The van der Waals surface area contributed by atoms with E-state index in [2.05, 4.69) is 53.8 Å². The molecule has 160 valence electrons. The van der Waals surface area contributed by atoms with Gasteiger partial charge < -0.3 is 19.5 Å². The van der Waals surface area contributed by atoms with Crippen LogP contribution in [0.2, 0.25) is 0 Å². The Balaban J connectivity index is 1.19. The summed E-state index contributed by atoms with van der Waals surface area (Å²) in [4.78, 5) is 0. The normalized spacial score (nSPS) is 21.4. The molecule has 0 aliphatic heterocycles. The van der Waals surface area contributed by atoms with Gasteiger partial charge >= 0.3 is 0 Å². The molecule has 0 heterocycles. The number of fused-ring (bicyclic) bond motifs is 1. The largest absolute Gasteiger partial charge is 0.493 e. The summed E-state index contributed by atoms with van der Waals surface area (Å²) in [7, 11) is 3.40. The van der Waals surface area contributed by atoms with E-state index < -0.39 is 0 Å². The molecule has 3 aromatic carbocycles. The van der Waals surface area contributed by atoms with Crippen molar-refractivity contribution in [1.82, 2.24) is 5.32 Å². The minimum absolute atomic E-state index is 0.387. The van der Waals surface area contributed by atoms with E-state index in [-0.39, 0.29) is 0 Å². The highest BCUT2D eigenvalue weighted by molar-refractivity contribution is 5.50. The van der Waals surface area contributed by atoms with Crippen LogP contribution in [-0.4, -0.2) is 20.3 Å². The molecule has 2 aliphatic rings. The Morgan fingerprint density at radius 2 is 1.65 bits per heavy atom. The van der Waals surface area contributed by atoms with Crippen LogP contribution < -0.4 is 19.5 Å². The Morgan fingerprint density at radius 1 is 0.903 bits per heavy atom. The molecule has 1 unspecified atom stereocenters. The lowest BCUT2D eigenvalue weighted by Crippen LogP contribution is -2.22. The predicted molar refractivity (Wildman–Crippen MR) is 122 cm³/mol. The number of aryl methyl sites for hydroxylation is 1. The number of methoxy groups -OCH3 is 2. The number of nitrogens with one attached hydrogen (secondary N) is 1. The monoisotopic (exact) mass is 415 g/mol. The lowest BCUT2D eigenvalue weighted by molar-refractivity contribution is 0.306. The summed E-state index contributed by atoms with van der Waals surface area (Å²) in [6, 6.07) is 24.1. The number of rotatable bonds is 8. The third-order valence-electron chi connectivity index (χ3n) is 6.49. The van der Waals surface area contributed by atoms with Gasteiger partial charge in [-0.2, -0.15) is 0 Å². The maximum Gasteiger partial charge on any atom is 0.161 e. The summed E-state index contributed by atoms with van der Waals surface area (Å²) in [5, 5.41) is 3.88. The fraction of sp³-hybridized carbons (Fsp3) is 0.333. The van der Waals surface area contributed by atoms with Gasteiger partial charge in [0.15, 0.2) is 11.5 Å². The molecule has 2 aliphatic carbocycles. The minimum atomic E-state index is 0.387. The van der Waals surface area contributed by atoms with Crippen molar-refractivity contribution in [3.05, 3.63) is 89.0 Å². The molecule has 3 aromatic rings. The second-order valence-corrected chi connectivity index (χ2v) is 8.46. The molecule has 3 atom stereocenters. The van der Waals surface area contributed by atoms with Crippen LogP contribution in [0.25, 0.3) is 0 Å². The van der Waals surface area contributed by atoms with Gasteiger partial charge in [-0.15, -0.1) is 0 Å². The van der Waals surface area contributed by atoms with Crippen molar-refractivity contribution in [3.8, 4) is 17.2 Å². The summed E-state index contributed by atoms with van der Waals surface area (Å²) >= 11 is 0. The van der Waals surface area contributed by atoms with Gasteiger partial charge in [-0.1, -0.05) is 42.5 Å². The van der Waals surface area contributed by atoms with E-state index in [0.29, 0.717) is 24.6 Å². The van der Waals surface area contributed by atoms with Crippen LogP contribution in [0.1, 0.15) is 47.1 Å². The Labute approximate surface area is 184 Å². The van der Waals surface area contributed by atoms with E-state index in [4.69, 9.17) is 14.2 Å². The molecule has 1 saturated carbocycles. The van der Waals surface area contributed by atoms with E-state index in [1.54, 1.807) is 14.2 Å². The van der Waals surface area contributed by atoms with Crippen LogP contribution in [0.5, 0.6) is 17.2 Å². The SMILES string of the molecule is COc1cc2c(cc1OC)C(N[C@@H]1C[C@H]1c1ccc(OCc3ccccc3)cc1)CC2. The Hall–Kier alpha value is -2.98. The number of hydrogen-bond donors (Lipinski definition) is 1. The van der Waals surface area contributed by atoms with Crippen LogP contribution in [0, 0.1) is 0 Å². The first-order chi connectivity index (χ1) is 15.2. The van der Waals surface area contributed by atoms with Gasteiger partial charge in [-0.05, 0) is 65.8 Å². The quantitative estimate of drug-likeness (QED) is 0.534. The van der Waals surface area contributed by atoms with Crippen molar-refractivity contribution >= 4 is 0 Å². The van der Waals surface area contributed by atoms with Crippen molar-refractivity contribution in [3.63, 3.8) is 0 Å². The average Bonchev–Trinajstić information content (AvgIpc) is 3.49. The zero-order valence-electron chi connectivity index (χ0n) is 18.1. The highest BCUT2D eigenvalue weighted by atomic mass is 16.5. The zero-order chi connectivity index (χ0) is 21.2. The Kier molecular flexibility index (Phi) is 5.56. The molecule has 5 rings (SSSR count). The van der Waals surface area contributed by atoms with E-state index >= 15 is 0 Å². The van der Waals surface area contributed by atoms with Gasteiger partial charge in [0.25, 0.3) is 0 Å². The highest BCUT2D eigenvalue weighted by Crippen LogP contribution is 2.45. The van der Waals surface area contributed by atoms with Crippen LogP contribution in [0.15, 0.2) is 66.7 Å². The van der Waals surface area contributed by atoms with Crippen LogP contribution in [0.4, 0.5) is 0 Å². The van der Waals surface area contributed by atoms with Gasteiger partial charge in [0.2, 0.25) is 0 Å². The van der Waals surface area contributed by atoms with E-state index in [1.165, 1.54) is 28.7 Å². The molecule has 1 N–H and O–H groups in total. The molecule has 0 bridgehead atoms. The van der Waals surface area contributed by atoms with Gasteiger partial charge in [-0.25, -0.2) is 0 Å². The zero-order valence-corrected chi connectivity index (χ0v) is 18.1. The van der Waals surface area contributed by atoms with Crippen molar-refractivity contribution < 1.29 is 14.2 Å². The third kappa shape index (κ3) is 4.26. The summed E-state index contributed by atoms with van der Waals surface area (Å²) in [6.45, 7) is 0.600. The second-order valence-electron chi connectivity index (χ2n) is 8.46. The third-order valence-corrected chi connectivity index (χ3v) is 6.49. The summed E-state index contributed by atoms with van der Waals surface area (Å²) in [6.07, 6.45) is 3.39. The molecular weight excluding hydrogens is 386 g/mol. The van der Waals surface area contributed by atoms with Crippen molar-refractivity contribution in [1.29, 1.82) is 0 Å². The lowest BCUT2D eigenvalue weighted by atomic mass is 10.1. The molecule has 0 amide bonds. The van der Waals surface area contributed by atoms with Gasteiger partial charge in [0.05, 0.1) is 14.2 Å². The Morgan fingerprint density at radius 3 is 2.39 bits per heavy atom. The standard InChI is InChI=1S/C27H29NO3/c1-29-26-14-20-10-13-24(23(20)16-27(26)30-2)28-25-15-22(25)19-8-11-21(12-9-19)31-17-18-6-4-3-5-7-18/h3-9,11-12,14,16,22,24-25,28H,10,13,15,17H2,1-2H3/t22-,24?,25+/m0/s1. The summed E-state index contributed by atoms with van der Waals surface area (Å²) in [5.41, 5.74) is 5.29. The molecule has 0 aromatic heterocycles. The first kappa shape index (κ1) is 20.0. The fourth-order valence-electron chi connectivity index (χ4n) is 4.66. The first-order valence-corrected chi connectivity index (χ1v) is 11.0. The molecule has 0 radical (unpaired) electrons. The van der Waals surface area contributed by atoms with Gasteiger partial charge in [0.1, 0.15) is 12.4 Å². The fourth-order valence-corrected chi connectivity index (χ4v) is 4.66. The molecule has 4 heteroatoms. The predicted octanol–water partition coefficient (Wildman–Crippen LogP) is 5.42. The molecule has 1 fully saturated rings. The molecular formula is C27H29NO3. The smallest absolute Gasteiger partial charge is 0.161 e. The number of hydrogen-bond acceptors (Lipinski definition) is 4. The van der Waals surface area contributed by atoms with Gasteiger partial charge in [-0.3, -0.25) is 0 Å². The van der Waals surface area contributed by atoms with Crippen molar-refractivity contribution in [2.45, 2.75) is 43.9 Å². The number of benzene rings is 3. The van der Waals surface area contributed by atoms with Crippen LogP contribution in [-0.2, 0) is 13.0 Å². The molecule has 0 spiro atoms. The molecule has 31 heavy (non-hydrogen) atoms. The topological polar surface area (TPSA) is 39.7 Å². The minimum Gasteiger partial charge on any atom is -0.493 e. The Bertz CT molecular complexity index is 1030. The van der Waals surface area contributed by atoms with Crippen molar-refractivity contribution in [2.75, 3.05) is 14.2 Å². The number of ether oxygens (including phenoxy) is 3. The maximum atomic E-state index is 5.92. The van der Waals surface area contributed by atoms with E-state index in [1.807, 2.05) is 18.2 Å². The van der Waals surface area contributed by atoms with Crippen LogP contribution in [0.3, 0.4) is 0 Å². The van der Waals surface area contributed by atoms with Crippen LogP contribution >= 0.6 is 0 Å². The lowest BCUT2D eigenvalue weighted by Gasteiger charge is -2.16. The average molecular weight is 416 g/mol. The highest BCUT2D eigenvalue weighted by Gasteiger charge is 2.40. The van der Waals surface area contributed by atoms with E-state index in [0.717, 1.165) is 30.1 Å². The summed E-state index contributed by atoms with van der Waals surface area (Å²) < 4.78 is 16.9. The van der Waals surface area contributed by atoms with E-state index in [9.17, 15) is 0 Å². The van der Waals surface area contributed by atoms with Crippen molar-refractivity contribution in [2.24, 2.45) is 0 Å².